The van der Waals surface area contributed by atoms with Gasteiger partial charge in [-0.15, -0.1) is 0 Å². The highest BCUT2D eigenvalue weighted by molar-refractivity contribution is 7.89. The molecule has 0 bridgehead atoms. The Hall–Kier alpha value is -2.13. The van der Waals surface area contributed by atoms with E-state index >= 15 is 0 Å². The van der Waals surface area contributed by atoms with Gasteiger partial charge in [0.05, 0.1) is 22.0 Å². The van der Waals surface area contributed by atoms with Crippen LogP contribution in [-0.2, 0) is 24.8 Å². The predicted molar refractivity (Wildman–Crippen MR) is 134 cm³/mol. The van der Waals surface area contributed by atoms with Crippen molar-refractivity contribution in [2.75, 3.05) is 39.9 Å². The molecule has 0 amide bonds. The van der Waals surface area contributed by atoms with Crippen molar-refractivity contribution < 1.29 is 35.8 Å². The minimum absolute atomic E-state index is 0.000921. The maximum atomic E-state index is 13.2. The summed E-state index contributed by atoms with van der Waals surface area (Å²) in [5, 5.41) is 13.6. The third-order valence-corrected chi connectivity index (χ3v) is 10.1. The number of nitrogens with one attached hydrogen (secondary N) is 2. The molecule has 2 aliphatic rings. The van der Waals surface area contributed by atoms with E-state index in [2.05, 4.69) is 10.0 Å². The number of halogens is 1. The third kappa shape index (κ3) is 6.66. The molecule has 37 heavy (non-hydrogen) atoms. The second kappa shape index (κ2) is 11.3. The van der Waals surface area contributed by atoms with E-state index in [1.54, 1.807) is 12.1 Å². The highest BCUT2D eigenvalue weighted by atomic mass is 32.2. The SMILES string of the molecule is CNS(=O)(=O)c1cccc(OCC(O)CNC2COC3(CCN(S(=O)(=O)c4ccc(F)cc4)CC3)C2)c1. The Bertz CT molecular complexity index is 1280. The Morgan fingerprint density at radius 1 is 1.14 bits per heavy atom. The van der Waals surface area contributed by atoms with Gasteiger partial charge >= 0.3 is 0 Å². The van der Waals surface area contributed by atoms with Crippen LogP contribution >= 0.6 is 0 Å². The lowest BCUT2D eigenvalue weighted by molar-refractivity contribution is -0.0312. The van der Waals surface area contributed by atoms with Crippen molar-refractivity contribution in [1.29, 1.82) is 0 Å². The fourth-order valence-corrected chi connectivity index (χ4v) is 6.82. The van der Waals surface area contributed by atoms with Crippen molar-refractivity contribution in [2.24, 2.45) is 0 Å². The summed E-state index contributed by atoms with van der Waals surface area (Å²) in [4.78, 5) is 0.147. The fourth-order valence-electron chi connectivity index (χ4n) is 4.62. The number of hydrogen-bond acceptors (Lipinski definition) is 8. The highest BCUT2D eigenvalue weighted by Crippen LogP contribution is 2.37. The summed E-state index contributed by atoms with van der Waals surface area (Å²) >= 11 is 0. The zero-order valence-corrected chi connectivity index (χ0v) is 22.1. The van der Waals surface area contributed by atoms with Crippen molar-refractivity contribution >= 4 is 20.0 Å². The molecule has 0 saturated carbocycles. The van der Waals surface area contributed by atoms with Crippen LogP contribution in [0.25, 0.3) is 0 Å². The fraction of sp³-hybridized carbons (Fsp3) is 0.500. The van der Waals surface area contributed by atoms with E-state index in [1.165, 1.54) is 35.6 Å². The first-order valence-electron chi connectivity index (χ1n) is 12.0. The van der Waals surface area contributed by atoms with Gasteiger partial charge in [0, 0.05) is 31.7 Å². The molecule has 2 aromatic carbocycles. The number of hydrogen-bond donors (Lipinski definition) is 3. The molecule has 4 rings (SSSR count). The summed E-state index contributed by atoms with van der Waals surface area (Å²) in [5.41, 5.74) is -0.423. The zero-order valence-electron chi connectivity index (χ0n) is 20.5. The number of aliphatic hydroxyl groups excluding tert-OH is 1. The highest BCUT2D eigenvalue weighted by Gasteiger charge is 2.44. The van der Waals surface area contributed by atoms with Crippen molar-refractivity contribution in [3.63, 3.8) is 0 Å². The molecule has 1 spiro atoms. The van der Waals surface area contributed by atoms with Crippen LogP contribution in [0.3, 0.4) is 0 Å². The molecule has 2 fully saturated rings. The molecule has 10 nitrogen and oxygen atoms in total. The largest absolute Gasteiger partial charge is 0.491 e. The normalized spacial score (nSPS) is 21.2. The molecule has 2 atom stereocenters. The first-order chi connectivity index (χ1) is 17.5. The van der Waals surface area contributed by atoms with E-state index in [0.717, 1.165) is 12.1 Å². The maximum absolute atomic E-state index is 13.2. The number of ether oxygens (including phenoxy) is 2. The maximum Gasteiger partial charge on any atom is 0.243 e. The third-order valence-electron chi connectivity index (χ3n) is 6.76. The summed E-state index contributed by atoms with van der Waals surface area (Å²) in [6, 6.07) is 10.9. The van der Waals surface area contributed by atoms with Crippen molar-refractivity contribution in [3.8, 4) is 5.75 Å². The van der Waals surface area contributed by atoms with Gasteiger partial charge in [-0.2, -0.15) is 4.31 Å². The van der Waals surface area contributed by atoms with Gasteiger partial charge in [-0.1, -0.05) is 6.07 Å². The molecule has 0 aromatic heterocycles. The molecule has 2 unspecified atom stereocenters. The average Bonchev–Trinajstić information content (AvgIpc) is 3.29. The Balaban J connectivity index is 1.22. The summed E-state index contributed by atoms with van der Waals surface area (Å²) in [6.45, 7) is 1.30. The van der Waals surface area contributed by atoms with Crippen LogP contribution in [0.15, 0.2) is 58.3 Å². The van der Waals surface area contributed by atoms with Crippen LogP contribution in [-0.4, -0.2) is 83.9 Å². The summed E-state index contributed by atoms with van der Waals surface area (Å²) < 4.78 is 78.1. The number of nitrogens with zero attached hydrogens (tertiary/aromatic N) is 1. The minimum Gasteiger partial charge on any atom is -0.491 e. The second-order valence-corrected chi connectivity index (χ2v) is 13.1. The molecular formula is C24H32FN3O7S2. The van der Waals surface area contributed by atoms with Crippen LogP contribution in [0.2, 0.25) is 0 Å². The molecule has 2 aromatic rings. The summed E-state index contributed by atoms with van der Waals surface area (Å²) in [5.74, 6) is -0.152. The molecule has 2 saturated heterocycles. The Morgan fingerprint density at radius 3 is 2.51 bits per heavy atom. The van der Waals surface area contributed by atoms with Gasteiger partial charge in [0.1, 0.15) is 24.3 Å². The summed E-state index contributed by atoms with van der Waals surface area (Å²) in [7, 11) is -5.95. The van der Waals surface area contributed by atoms with E-state index in [4.69, 9.17) is 9.47 Å². The van der Waals surface area contributed by atoms with Gasteiger partial charge in [0.2, 0.25) is 20.0 Å². The van der Waals surface area contributed by atoms with Crippen LogP contribution in [0.1, 0.15) is 19.3 Å². The minimum atomic E-state index is -3.69. The van der Waals surface area contributed by atoms with E-state index in [1.807, 2.05) is 0 Å². The number of sulfonamides is 2. The van der Waals surface area contributed by atoms with Gasteiger partial charge in [0.15, 0.2) is 0 Å². The lowest BCUT2D eigenvalue weighted by Gasteiger charge is -2.38. The van der Waals surface area contributed by atoms with E-state index < -0.39 is 37.6 Å². The second-order valence-electron chi connectivity index (χ2n) is 9.31. The summed E-state index contributed by atoms with van der Waals surface area (Å²) in [6.07, 6.45) is 0.949. The Kier molecular flexibility index (Phi) is 8.53. The molecule has 0 aliphatic carbocycles. The van der Waals surface area contributed by atoms with Gasteiger partial charge in [-0.25, -0.2) is 25.9 Å². The quantitative estimate of drug-likeness (QED) is 0.395. The molecule has 3 N–H and O–H groups in total. The van der Waals surface area contributed by atoms with Crippen LogP contribution in [0.4, 0.5) is 4.39 Å². The first kappa shape index (κ1) is 27.9. The molecule has 2 aliphatic heterocycles. The van der Waals surface area contributed by atoms with Gasteiger partial charge in [0.25, 0.3) is 0 Å². The van der Waals surface area contributed by atoms with Crippen LogP contribution in [0, 0.1) is 5.82 Å². The topological polar surface area (TPSA) is 134 Å². The Morgan fingerprint density at radius 2 is 1.84 bits per heavy atom. The Labute approximate surface area is 216 Å². The molecule has 204 valence electrons. The molecular weight excluding hydrogens is 525 g/mol. The smallest absolute Gasteiger partial charge is 0.243 e. The number of aliphatic hydroxyl groups is 1. The van der Waals surface area contributed by atoms with Gasteiger partial charge < -0.3 is 19.9 Å². The van der Waals surface area contributed by atoms with Gasteiger partial charge in [-0.05, 0) is 62.7 Å². The van der Waals surface area contributed by atoms with E-state index in [0.29, 0.717) is 44.7 Å². The molecule has 2 heterocycles. The number of piperidine rings is 1. The zero-order chi connectivity index (χ0) is 26.7. The first-order valence-corrected chi connectivity index (χ1v) is 14.9. The standard InChI is InChI=1S/C24H32FN3O7S2/c1-26-36(30,31)23-4-2-3-21(13-23)34-17-20(29)15-27-19-14-24(35-16-19)9-11-28(12-10-24)37(32,33)22-7-5-18(25)6-8-22/h2-8,13,19-20,26-27,29H,9-12,14-17H2,1H3. The predicted octanol–water partition coefficient (Wildman–Crippen LogP) is 1.08. The van der Waals surface area contributed by atoms with Crippen molar-refractivity contribution in [3.05, 3.63) is 54.3 Å². The van der Waals surface area contributed by atoms with E-state index in [9.17, 15) is 26.3 Å². The monoisotopic (exact) mass is 557 g/mol. The molecule has 0 radical (unpaired) electrons. The number of benzene rings is 2. The van der Waals surface area contributed by atoms with E-state index in [-0.39, 0.29) is 29.0 Å². The van der Waals surface area contributed by atoms with Crippen molar-refractivity contribution in [1.82, 2.24) is 14.3 Å². The lowest BCUT2D eigenvalue weighted by atomic mass is 9.88. The number of rotatable bonds is 10. The van der Waals surface area contributed by atoms with Gasteiger partial charge in [-0.3, -0.25) is 0 Å². The van der Waals surface area contributed by atoms with Crippen LogP contribution in [0.5, 0.6) is 5.75 Å². The van der Waals surface area contributed by atoms with Crippen LogP contribution < -0.4 is 14.8 Å². The average molecular weight is 558 g/mol. The lowest BCUT2D eigenvalue weighted by Crippen LogP contribution is -2.47. The molecule has 13 heteroatoms. The van der Waals surface area contributed by atoms with Crippen molar-refractivity contribution in [2.45, 2.75) is 46.8 Å².